The van der Waals surface area contributed by atoms with Gasteiger partial charge >= 0.3 is 0 Å². The molecule has 1 amide bonds. The van der Waals surface area contributed by atoms with Crippen molar-refractivity contribution in [2.24, 2.45) is 0 Å². The van der Waals surface area contributed by atoms with Gasteiger partial charge in [-0.2, -0.15) is 0 Å². The second kappa shape index (κ2) is 8.05. The molecule has 3 rings (SSSR count). The fraction of sp³-hybridized carbons (Fsp3) is 0.0952. The molecule has 0 bridgehead atoms. The van der Waals surface area contributed by atoms with Crippen molar-refractivity contribution in [3.8, 4) is 11.5 Å². The Morgan fingerprint density at radius 2 is 1.56 bits per heavy atom. The second-order valence-electron chi connectivity index (χ2n) is 6.04. The Morgan fingerprint density at radius 3 is 2.22 bits per heavy atom. The lowest BCUT2D eigenvalue weighted by atomic mass is 10.2. The molecule has 0 saturated heterocycles. The number of sulfone groups is 1. The molecule has 0 spiro atoms. The van der Waals surface area contributed by atoms with Crippen molar-refractivity contribution < 1.29 is 17.9 Å². The molecule has 0 heterocycles. The van der Waals surface area contributed by atoms with E-state index in [-0.39, 0.29) is 10.8 Å². The van der Waals surface area contributed by atoms with Crippen molar-refractivity contribution in [3.63, 3.8) is 0 Å². The summed E-state index contributed by atoms with van der Waals surface area (Å²) in [6.07, 6.45) is 1.11. The fourth-order valence-electron chi connectivity index (χ4n) is 2.45. The third kappa shape index (κ3) is 5.18. The van der Waals surface area contributed by atoms with Crippen LogP contribution in [0.15, 0.2) is 83.8 Å². The minimum absolute atomic E-state index is 0.123. The normalized spacial score (nSPS) is 11.0. The molecule has 1 N–H and O–H groups in total. The van der Waals surface area contributed by atoms with Gasteiger partial charge < -0.3 is 10.1 Å². The van der Waals surface area contributed by atoms with E-state index in [0.717, 1.165) is 17.6 Å². The van der Waals surface area contributed by atoms with Crippen molar-refractivity contribution in [2.45, 2.75) is 11.4 Å². The number of para-hydroxylation sites is 1. The molecule has 138 valence electrons. The Hall–Kier alpha value is -3.12. The lowest BCUT2D eigenvalue weighted by molar-refractivity contribution is 0.0950. The molecule has 0 atom stereocenters. The number of carbonyl (C=O) groups is 1. The standard InChI is InChI=1S/C21H19NO4S/c1-27(24,25)20-9-5-6-17(14-20)21(23)22-15-16-10-12-19(13-11-16)26-18-7-3-2-4-8-18/h2-14H,15H2,1H3,(H,22,23). The number of hydrogen-bond donors (Lipinski definition) is 1. The van der Waals surface area contributed by atoms with Crippen LogP contribution < -0.4 is 10.1 Å². The van der Waals surface area contributed by atoms with Gasteiger partial charge in [-0.15, -0.1) is 0 Å². The van der Waals surface area contributed by atoms with E-state index in [1.54, 1.807) is 12.1 Å². The molecular formula is C21H19NO4S. The molecule has 0 fully saturated rings. The van der Waals surface area contributed by atoms with E-state index in [0.29, 0.717) is 17.9 Å². The Morgan fingerprint density at radius 1 is 0.889 bits per heavy atom. The summed E-state index contributed by atoms with van der Waals surface area (Å²) in [5.74, 6) is 1.13. The lowest BCUT2D eigenvalue weighted by Gasteiger charge is -2.08. The fourth-order valence-corrected chi connectivity index (χ4v) is 3.12. The number of rotatable bonds is 6. The maximum absolute atomic E-state index is 12.3. The van der Waals surface area contributed by atoms with E-state index in [4.69, 9.17) is 4.74 Å². The van der Waals surface area contributed by atoms with Gasteiger partial charge in [-0.1, -0.05) is 36.4 Å². The van der Waals surface area contributed by atoms with Crippen LogP contribution in [0.5, 0.6) is 11.5 Å². The summed E-state index contributed by atoms with van der Waals surface area (Å²) in [5.41, 5.74) is 1.21. The predicted molar refractivity (Wildman–Crippen MR) is 104 cm³/mol. The largest absolute Gasteiger partial charge is 0.457 e. The third-order valence-corrected chi connectivity index (χ3v) is 4.99. The summed E-state index contributed by atoms with van der Waals surface area (Å²) in [5, 5.41) is 2.79. The molecule has 0 aliphatic carbocycles. The van der Waals surface area contributed by atoms with Crippen LogP contribution in [0.25, 0.3) is 0 Å². The summed E-state index contributed by atoms with van der Waals surface area (Å²) in [7, 11) is -3.35. The van der Waals surface area contributed by atoms with Crippen LogP contribution in [0.3, 0.4) is 0 Å². The van der Waals surface area contributed by atoms with Crippen molar-refractivity contribution in [1.29, 1.82) is 0 Å². The maximum Gasteiger partial charge on any atom is 0.251 e. The van der Waals surface area contributed by atoms with Gasteiger partial charge in [0.1, 0.15) is 11.5 Å². The molecule has 0 aromatic heterocycles. The SMILES string of the molecule is CS(=O)(=O)c1cccc(C(=O)NCc2ccc(Oc3ccccc3)cc2)c1. The smallest absolute Gasteiger partial charge is 0.251 e. The maximum atomic E-state index is 12.3. The molecule has 27 heavy (non-hydrogen) atoms. The highest BCUT2D eigenvalue weighted by Gasteiger charge is 2.11. The molecule has 3 aromatic rings. The Balaban J connectivity index is 1.61. The Kier molecular flexibility index (Phi) is 5.57. The van der Waals surface area contributed by atoms with E-state index in [9.17, 15) is 13.2 Å². The summed E-state index contributed by atoms with van der Waals surface area (Å²) in [6, 6.07) is 22.9. The second-order valence-corrected chi connectivity index (χ2v) is 8.06. The molecule has 0 aliphatic rings. The number of amides is 1. The summed E-state index contributed by atoms with van der Waals surface area (Å²) >= 11 is 0. The van der Waals surface area contributed by atoms with Crippen LogP contribution in [0, 0.1) is 0 Å². The van der Waals surface area contributed by atoms with Crippen LogP contribution in [-0.4, -0.2) is 20.6 Å². The monoisotopic (exact) mass is 381 g/mol. The number of nitrogens with one attached hydrogen (secondary N) is 1. The van der Waals surface area contributed by atoms with E-state index in [1.807, 2.05) is 54.6 Å². The predicted octanol–water partition coefficient (Wildman–Crippen LogP) is 3.81. The zero-order valence-electron chi connectivity index (χ0n) is 14.8. The van der Waals surface area contributed by atoms with E-state index < -0.39 is 9.84 Å². The van der Waals surface area contributed by atoms with E-state index in [1.165, 1.54) is 12.1 Å². The van der Waals surface area contributed by atoms with Gasteiger partial charge in [0.2, 0.25) is 0 Å². The number of carbonyl (C=O) groups excluding carboxylic acids is 1. The quantitative estimate of drug-likeness (QED) is 0.705. The molecule has 0 aliphatic heterocycles. The van der Waals surface area contributed by atoms with Gasteiger partial charge in [0.05, 0.1) is 4.90 Å². The first kappa shape index (κ1) is 18.7. The summed E-state index contributed by atoms with van der Waals surface area (Å²) < 4.78 is 28.9. The van der Waals surface area contributed by atoms with Crippen LogP contribution in [0.4, 0.5) is 0 Å². The van der Waals surface area contributed by atoms with Gasteiger partial charge in [-0.05, 0) is 48.0 Å². The van der Waals surface area contributed by atoms with Crippen LogP contribution in [0.2, 0.25) is 0 Å². The lowest BCUT2D eigenvalue weighted by Crippen LogP contribution is -2.23. The number of ether oxygens (including phenoxy) is 1. The van der Waals surface area contributed by atoms with Crippen molar-refractivity contribution in [2.75, 3.05) is 6.26 Å². The number of hydrogen-bond acceptors (Lipinski definition) is 4. The van der Waals surface area contributed by atoms with Crippen molar-refractivity contribution >= 4 is 15.7 Å². The van der Waals surface area contributed by atoms with Crippen LogP contribution in [-0.2, 0) is 16.4 Å². The minimum Gasteiger partial charge on any atom is -0.457 e. The Bertz CT molecular complexity index is 1030. The van der Waals surface area contributed by atoms with Gasteiger partial charge in [-0.3, -0.25) is 4.79 Å². The van der Waals surface area contributed by atoms with Gasteiger partial charge in [0.25, 0.3) is 5.91 Å². The molecule has 0 saturated carbocycles. The Labute approximate surface area is 158 Å². The zero-order valence-corrected chi connectivity index (χ0v) is 15.6. The first-order valence-corrected chi connectivity index (χ1v) is 10.2. The molecule has 6 heteroatoms. The van der Waals surface area contributed by atoms with E-state index >= 15 is 0 Å². The molecular weight excluding hydrogens is 362 g/mol. The van der Waals surface area contributed by atoms with Crippen LogP contribution in [0.1, 0.15) is 15.9 Å². The molecule has 0 radical (unpaired) electrons. The van der Waals surface area contributed by atoms with Gasteiger partial charge in [-0.25, -0.2) is 8.42 Å². The topological polar surface area (TPSA) is 72.5 Å². The molecule has 0 unspecified atom stereocenters. The minimum atomic E-state index is -3.35. The van der Waals surface area contributed by atoms with Crippen molar-refractivity contribution in [1.82, 2.24) is 5.32 Å². The highest BCUT2D eigenvalue weighted by atomic mass is 32.2. The first-order valence-electron chi connectivity index (χ1n) is 8.32. The third-order valence-electron chi connectivity index (χ3n) is 3.88. The average Bonchev–Trinajstić information content (AvgIpc) is 2.67. The highest BCUT2D eigenvalue weighted by molar-refractivity contribution is 7.90. The molecule has 5 nitrogen and oxygen atoms in total. The van der Waals surface area contributed by atoms with Crippen LogP contribution >= 0.6 is 0 Å². The summed E-state index contributed by atoms with van der Waals surface area (Å²) in [4.78, 5) is 12.4. The first-order chi connectivity index (χ1) is 12.9. The van der Waals surface area contributed by atoms with Gasteiger partial charge in [0, 0.05) is 18.4 Å². The highest BCUT2D eigenvalue weighted by Crippen LogP contribution is 2.21. The zero-order chi connectivity index (χ0) is 19.3. The average molecular weight is 381 g/mol. The van der Waals surface area contributed by atoms with Gasteiger partial charge in [0.15, 0.2) is 9.84 Å². The van der Waals surface area contributed by atoms with E-state index in [2.05, 4.69) is 5.32 Å². The summed E-state index contributed by atoms with van der Waals surface area (Å²) in [6.45, 7) is 0.327. The van der Waals surface area contributed by atoms with Crippen molar-refractivity contribution in [3.05, 3.63) is 90.0 Å². The number of benzene rings is 3. The molecule has 3 aromatic carbocycles.